The largest absolute Gasteiger partial charge is 0.488 e. The fourth-order valence-electron chi connectivity index (χ4n) is 4.40. The number of anilines is 1. The van der Waals surface area contributed by atoms with E-state index in [9.17, 15) is 34.8 Å². The van der Waals surface area contributed by atoms with Gasteiger partial charge < -0.3 is 10.1 Å². The van der Waals surface area contributed by atoms with Crippen LogP contribution >= 0.6 is 11.8 Å². The fraction of sp³-hybridized carbons (Fsp3) is 0.500. The van der Waals surface area contributed by atoms with Crippen LogP contribution in [0.2, 0.25) is 0 Å². The summed E-state index contributed by atoms with van der Waals surface area (Å²) in [6.07, 6.45) is -5.13. The second kappa shape index (κ2) is 10.9. The molecule has 1 aliphatic carbocycles. The van der Waals surface area contributed by atoms with Gasteiger partial charge in [-0.25, -0.2) is 8.42 Å². The molecular formula is C24H26F6N2O3S2. The van der Waals surface area contributed by atoms with Gasteiger partial charge in [-0.1, -0.05) is 19.3 Å². The normalized spacial score (nSPS) is 19.7. The van der Waals surface area contributed by atoms with Gasteiger partial charge in [0.2, 0.25) is 0 Å². The molecule has 2 aromatic rings. The summed E-state index contributed by atoms with van der Waals surface area (Å²) in [4.78, 5) is -0.603. The number of halogens is 6. The molecule has 0 aromatic heterocycles. The lowest BCUT2D eigenvalue weighted by Gasteiger charge is -2.23. The van der Waals surface area contributed by atoms with Gasteiger partial charge in [-0.3, -0.25) is 4.72 Å². The zero-order chi connectivity index (χ0) is 26.8. The van der Waals surface area contributed by atoms with Crippen LogP contribution in [-0.4, -0.2) is 32.9 Å². The van der Waals surface area contributed by atoms with Crippen molar-refractivity contribution in [3.8, 4) is 5.75 Å². The lowest BCUT2D eigenvalue weighted by molar-refractivity contribution is -0.140. The molecule has 1 saturated carbocycles. The van der Waals surface area contributed by atoms with Crippen LogP contribution in [0.5, 0.6) is 5.75 Å². The van der Waals surface area contributed by atoms with Crippen molar-refractivity contribution >= 4 is 27.5 Å². The summed E-state index contributed by atoms with van der Waals surface area (Å²) < 4.78 is 115. The third kappa shape index (κ3) is 7.05. The van der Waals surface area contributed by atoms with Crippen molar-refractivity contribution in [3.05, 3.63) is 47.5 Å². The second-order valence-corrected chi connectivity index (χ2v) is 12.1. The highest BCUT2D eigenvalue weighted by Crippen LogP contribution is 2.43. The zero-order valence-corrected chi connectivity index (χ0v) is 21.2. The SMILES string of the molecule is O=S(=O)(Nc1ccc(C(F)(F)F)c(OC2CCNC2)c1)c1ccc(C(F)(F)F)c(SC2CCCCC2)c1. The summed E-state index contributed by atoms with van der Waals surface area (Å²) in [6.45, 7) is 0.924. The standard InChI is InChI=1S/C24H26F6N2O3S2/c25-23(26,27)19-8-6-15(12-21(19)35-16-10-11-31-14-16)32-37(33,34)18-7-9-20(24(28,29)30)22(13-18)36-17-4-2-1-3-5-17/h6-9,12-13,16-17,31-32H,1-5,10-11,14H2. The molecule has 5 nitrogen and oxygen atoms in total. The highest BCUT2D eigenvalue weighted by Gasteiger charge is 2.37. The molecule has 1 heterocycles. The Morgan fingerprint density at radius 1 is 0.892 bits per heavy atom. The summed E-state index contributed by atoms with van der Waals surface area (Å²) in [6, 6.07) is 5.17. The van der Waals surface area contributed by atoms with Gasteiger partial charge in [0.05, 0.1) is 21.7 Å². The van der Waals surface area contributed by atoms with Gasteiger partial charge in [-0.2, -0.15) is 26.3 Å². The Morgan fingerprint density at radius 2 is 1.57 bits per heavy atom. The molecule has 4 rings (SSSR count). The Balaban J connectivity index is 1.63. The van der Waals surface area contributed by atoms with Crippen LogP contribution in [0, 0.1) is 0 Å². The first-order valence-electron chi connectivity index (χ1n) is 11.8. The van der Waals surface area contributed by atoms with Crippen LogP contribution in [0.25, 0.3) is 0 Å². The summed E-state index contributed by atoms with van der Waals surface area (Å²) in [5.41, 5.74) is -2.17. The minimum atomic E-state index is -4.72. The van der Waals surface area contributed by atoms with E-state index in [1.54, 1.807) is 0 Å². The maximum Gasteiger partial charge on any atom is 0.419 e. The maximum atomic E-state index is 13.6. The van der Waals surface area contributed by atoms with E-state index in [1.165, 1.54) is 0 Å². The number of sulfonamides is 1. The molecule has 1 saturated heterocycles. The van der Waals surface area contributed by atoms with Crippen LogP contribution in [-0.2, 0) is 22.4 Å². The highest BCUT2D eigenvalue weighted by atomic mass is 32.2. The van der Waals surface area contributed by atoms with E-state index in [0.29, 0.717) is 25.6 Å². The summed E-state index contributed by atoms with van der Waals surface area (Å²) in [5.74, 6) is -0.526. The van der Waals surface area contributed by atoms with E-state index >= 15 is 0 Å². The molecule has 204 valence electrons. The van der Waals surface area contributed by atoms with E-state index in [0.717, 1.165) is 74.2 Å². The monoisotopic (exact) mass is 568 g/mol. The smallest absolute Gasteiger partial charge is 0.419 e. The van der Waals surface area contributed by atoms with Crippen LogP contribution in [0.4, 0.5) is 32.0 Å². The summed E-state index contributed by atoms with van der Waals surface area (Å²) in [5, 5.41) is 2.92. The first-order chi connectivity index (χ1) is 17.3. The molecular weight excluding hydrogens is 542 g/mol. The quantitative estimate of drug-likeness (QED) is 0.365. The Bertz CT molecular complexity index is 1210. The van der Waals surface area contributed by atoms with Crippen LogP contribution in [0.1, 0.15) is 49.7 Å². The lowest BCUT2D eigenvalue weighted by Crippen LogP contribution is -2.22. The van der Waals surface area contributed by atoms with Gasteiger partial charge in [-0.05, 0) is 56.1 Å². The molecule has 1 unspecified atom stereocenters. The Hall–Kier alpha value is -2.12. The van der Waals surface area contributed by atoms with Crippen LogP contribution in [0.3, 0.4) is 0 Å². The predicted octanol–water partition coefficient (Wildman–Crippen LogP) is 6.69. The van der Waals surface area contributed by atoms with Crippen molar-refractivity contribution in [2.75, 3.05) is 17.8 Å². The van der Waals surface area contributed by atoms with Crippen molar-refractivity contribution in [3.63, 3.8) is 0 Å². The van der Waals surface area contributed by atoms with Crippen molar-refractivity contribution in [1.29, 1.82) is 0 Å². The average Bonchev–Trinajstić information content (AvgIpc) is 3.31. The van der Waals surface area contributed by atoms with Gasteiger partial charge in [-0.15, -0.1) is 11.8 Å². The Kier molecular flexibility index (Phi) is 8.25. The topological polar surface area (TPSA) is 67.4 Å². The van der Waals surface area contributed by atoms with Gasteiger partial charge in [0, 0.05) is 22.8 Å². The predicted molar refractivity (Wildman–Crippen MR) is 128 cm³/mol. The molecule has 0 amide bonds. The van der Waals surface area contributed by atoms with Crippen molar-refractivity contribution < 1.29 is 39.5 Å². The van der Waals surface area contributed by atoms with Gasteiger partial charge in [0.25, 0.3) is 10.0 Å². The maximum absolute atomic E-state index is 13.6. The number of rotatable bonds is 7. The van der Waals surface area contributed by atoms with Gasteiger partial charge in [0.15, 0.2) is 0 Å². The van der Waals surface area contributed by atoms with E-state index < -0.39 is 50.3 Å². The first kappa shape index (κ1) is 27.9. The molecule has 0 bridgehead atoms. The van der Waals surface area contributed by atoms with E-state index in [4.69, 9.17) is 4.74 Å². The van der Waals surface area contributed by atoms with Crippen molar-refractivity contribution in [2.45, 2.75) is 72.0 Å². The van der Waals surface area contributed by atoms with Gasteiger partial charge in [0.1, 0.15) is 11.9 Å². The third-order valence-electron chi connectivity index (χ3n) is 6.26. The number of hydrogen-bond acceptors (Lipinski definition) is 5. The minimum absolute atomic E-state index is 0.0551. The molecule has 2 N–H and O–H groups in total. The molecule has 2 aromatic carbocycles. The Morgan fingerprint density at radius 3 is 2.19 bits per heavy atom. The molecule has 2 aliphatic rings. The van der Waals surface area contributed by atoms with E-state index in [1.807, 2.05) is 0 Å². The first-order valence-corrected chi connectivity index (χ1v) is 14.2. The number of nitrogens with one attached hydrogen (secondary N) is 2. The third-order valence-corrected chi connectivity index (χ3v) is 9.04. The van der Waals surface area contributed by atoms with Crippen molar-refractivity contribution in [2.24, 2.45) is 0 Å². The molecule has 37 heavy (non-hydrogen) atoms. The molecule has 1 atom stereocenters. The van der Waals surface area contributed by atoms with Crippen LogP contribution < -0.4 is 14.8 Å². The summed E-state index contributed by atoms with van der Waals surface area (Å²) >= 11 is 1.02. The zero-order valence-electron chi connectivity index (χ0n) is 19.6. The summed E-state index contributed by atoms with van der Waals surface area (Å²) in [7, 11) is -4.41. The number of hydrogen-bond donors (Lipinski definition) is 2. The number of ether oxygens (including phenoxy) is 1. The number of benzene rings is 2. The fourth-order valence-corrected chi connectivity index (χ4v) is 6.99. The van der Waals surface area contributed by atoms with E-state index in [2.05, 4.69) is 10.0 Å². The van der Waals surface area contributed by atoms with E-state index in [-0.39, 0.29) is 15.8 Å². The average molecular weight is 569 g/mol. The molecule has 13 heteroatoms. The lowest BCUT2D eigenvalue weighted by atomic mass is 10.0. The molecule has 1 aliphatic heterocycles. The van der Waals surface area contributed by atoms with Crippen molar-refractivity contribution in [1.82, 2.24) is 5.32 Å². The number of thioether (sulfide) groups is 1. The minimum Gasteiger partial charge on any atom is -0.488 e. The molecule has 2 fully saturated rings. The van der Waals surface area contributed by atoms with Gasteiger partial charge >= 0.3 is 12.4 Å². The van der Waals surface area contributed by atoms with Crippen LogP contribution in [0.15, 0.2) is 46.2 Å². The number of alkyl halides is 6. The second-order valence-electron chi connectivity index (χ2n) is 9.08. The molecule has 0 spiro atoms. The highest BCUT2D eigenvalue weighted by molar-refractivity contribution is 8.00. The molecule has 0 radical (unpaired) electrons. The Labute approximate surface area is 215 Å².